The van der Waals surface area contributed by atoms with Gasteiger partial charge in [0.05, 0.1) is 0 Å². The number of rotatable bonds is 5. The van der Waals surface area contributed by atoms with E-state index in [1.165, 1.54) is 10.5 Å². The van der Waals surface area contributed by atoms with E-state index in [-0.39, 0.29) is 5.54 Å². The fourth-order valence-electron chi connectivity index (χ4n) is 1.91. The summed E-state index contributed by atoms with van der Waals surface area (Å²) in [7, 11) is 0. The lowest BCUT2D eigenvalue weighted by Gasteiger charge is -2.32. The molecule has 3 heteroatoms. The maximum Gasteiger partial charge on any atom is 0.0391 e. The molecule has 1 aromatic carbocycles. The highest BCUT2D eigenvalue weighted by Gasteiger charge is 2.24. The monoisotopic (exact) mass is 238 g/mol. The molecule has 0 aliphatic carbocycles. The van der Waals surface area contributed by atoms with Crippen LogP contribution in [0.15, 0.2) is 29.2 Å². The van der Waals surface area contributed by atoms with E-state index >= 15 is 0 Å². The number of benzene rings is 1. The van der Waals surface area contributed by atoms with Crippen molar-refractivity contribution in [1.82, 2.24) is 5.32 Å². The lowest BCUT2D eigenvalue weighted by Crippen LogP contribution is -2.45. The lowest BCUT2D eigenvalue weighted by molar-refractivity contribution is 0.351. The minimum absolute atomic E-state index is 0.0433. The van der Waals surface area contributed by atoms with Gasteiger partial charge in [-0.15, -0.1) is 11.8 Å². The Hall–Kier alpha value is -0.510. The van der Waals surface area contributed by atoms with E-state index in [2.05, 4.69) is 56.6 Å². The lowest BCUT2D eigenvalue weighted by atomic mass is 9.93. The van der Waals surface area contributed by atoms with Gasteiger partial charge >= 0.3 is 0 Å². The SMILES string of the molecule is CSc1ccccc1C(C)(C)NC(C)CN. The van der Waals surface area contributed by atoms with Crippen LogP contribution in [0.1, 0.15) is 26.3 Å². The summed E-state index contributed by atoms with van der Waals surface area (Å²) >= 11 is 1.79. The first kappa shape index (κ1) is 13.6. The molecule has 16 heavy (non-hydrogen) atoms. The van der Waals surface area contributed by atoms with Crippen molar-refractivity contribution >= 4 is 11.8 Å². The van der Waals surface area contributed by atoms with Crippen LogP contribution in [-0.2, 0) is 5.54 Å². The molecule has 1 unspecified atom stereocenters. The van der Waals surface area contributed by atoms with E-state index in [4.69, 9.17) is 5.73 Å². The summed E-state index contributed by atoms with van der Waals surface area (Å²) in [6.45, 7) is 7.18. The van der Waals surface area contributed by atoms with Crippen LogP contribution in [0.2, 0.25) is 0 Å². The fraction of sp³-hybridized carbons (Fsp3) is 0.538. The van der Waals surface area contributed by atoms with Crippen LogP contribution in [0.4, 0.5) is 0 Å². The third-order valence-electron chi connectivity index (χ3n) is 2.74. The molecule has 1 atom stereocenters. The molecule has 0 bridgehead atoms. The topological polar surface area (TPSA) is 38.0 Å². The zero-order valence-corrected chi connectivity index (χ0v) is 11.4. The van der Waals surface area contributed by atoms with Crippen LogP contribution in [0.25, 0.3) is 0 Å². The third-order valence-corrected chi connectivity index (χ3v) is 3.54. The molecule has 1 rings (SSSR count). The summed E-state index contributed by atoms with van der Waals surface area (Å²) in [6.07, 6.45) is 2.11. The van der Waals surface area contributed by atoms with Crippen molar-refractivity contribution in [3.63, 3.8) is 0 Å². The Morgan fingerprint density at radius 2 is 2.00 bits per heavy atom. The van der Waals surface area contributed by atoms with Gasteiger partial charge in [0.1, 0.15) is 0 Å². The van der Waals surface area contributed by atoms with Gasteiger partial charge in [-0.05, 0) is 38.7 Å². The highest BCUT2D eigenvalue weighted by Crippen LogP contribution is 2.29. The van der Waals surface area contributed by atoms with Crippen LogP contribution in [0, 0.1) is 0 Å². The first-order chi connectivity index (χ1) is 7.51. The van der Waals surface area contributed by atoms with Crippen molar-refractivity contribution in [1.29, 1.82) is 0 Å². The van der Waals surface area contributed by atoms with Gasteiger partial charge < -0.3 is 11.1 Å². The molecular weight excluding hydrogens is 216 g/mol. The maximum atomic E-state index is 5.66. The summed E-state index contributed by atoms with van der Waals surface area (Å²) < 4.78 is 0. The molecule has 90 valence electrons. The average molecular weight is 238 g/mol. The summed E-state index contributed by atoms with van der Waals surface area (Å²) in [5.74, 6) is 0. The standard InChI is InChI=1S/C13H22N2S/c1-10(9-14)15-13(2,3)11-7-5-6-8-12(11)16-4/h5-8,10,15H,9,14H2,1-4H3. The van der Waals surface area contributed by atoms with E-state index < -0.39 is 0 Å². The minimum atomic E-state index is -0.0433. The van der Waals surface area contributed by atoms with Gasteiger partial charge in [0.2, 0.25) is 0 Å². The van der Waals surface area contributed by atoms with Crippen molar-refractivity contribution in [3.8, 4) is 0 Å². The highest BCUT2D eigenvalue weighted by atomic mass is 32.2. The molecule has 0 aromatic heterocycles. The number of hydrogen-bond acceptors (Lipinski definition) is 3. The number of nitrogens with two attached hydrogens (primary N) is 1. The summed E-state index contributed by atoms with van der Waals surface area (Å²) in [5, 5.41) is 3.56. The van der Waals surface area contributed by atoms with Crippen LogP contribution >= 0.6 is 11.8 Å². The van der Waals surface area contributed by atoms with Crippen LogP contribution in [0.3, 0.4) is 0 Å². The van der Waals surface area contributed by atoms with Crippen molar-refractivity contribution in [2.45, 2.75) is 37.2 Å². The van der Waals surface area contributed by atoms with E-state index in [1.54, 1.807) is 11.8 Å². The van der Waals surface area contributed by atoms with Crippen LogP contribution in [0.5, 0.6) is 0 Å². The molecule has 0 saturated heterocycles. The molecule has 0 fully saturated rings. The van der Waals surface area contributed by atoms with Gasteiger partial charge in [-0.25, -0.2) is 0 Å². The predicted octanol–water partition coefficient (Wildman–Crippen LogP) is 2.58. The minimum Gasteiger partial charge on any atom is -0.329 e. The smallest absolute Gasteiger partial charge is 0.0391 e. The highest BCUT2D eigenvalue weighted by molar-refractivity contribution is 7.98. The molecule has 1 aromatic rings. The predicted molar refractivity (Wildman–Crippen MR) is 72.9 cm³/mol. The molecular formula is C13H22N2S. The van der Waals surface area contributed by atoms with E-state index in [9.17, 15) is 0 Å². The normalized spacial score (nSPS) is 13.8. The van der Waals surface area contributed by atoms with Crippen LogP contribution < -0.4 is 11.1 Å². The Morgan fingerprint density at radius 1 is 1.38 bits per heavy atom. The number of hydrogen-bond donors (Lipinski definition) is 2. The Labute approximate surface area is 103 Å². The zero-order valence-electron chi connectivity index (χ0n) is 10.6. The Balaban J connectivity index is 2.96. The van der Waals surface area contributed by atoms with Crippen molar-refractivity contribution in [3.05, 3.63) is 29.8 Å². The number of nitrogens with one attached hydrogen (secondary N) is 1. The van der Waals surface area contributed by atoms with Gasteiger partial charge in [-0.3, -0.25) is 0 Å². The first-order valence-corrected chi connectivity index (χ1v) is 6.85. The second-order valence-electron chi connectivity index (χ2n) is 4.61. The van der Waals surface area contributed by atoms with E-state index in [0.29, 0.717) is 12.6 Å². The van der Waals surface area contributed by atoms with Crippen molar-refractivity contribution in [2.24, 2.45) is 5.73 Å². The maximum absolute atomic E-state index is 5.66. The van der Waals surface area contributed by atoms with Crippen molar-refractivity contribution < 1.29 is 0 Å². The molecule has 0 amide bonds. The van der Waals surface area contributed by atoms with Crippen molar-refractivity contribution in [2.75, 3.05) is 12.8 Å². The molecule has 2 nitrogen and oxygen atoms in total. The van der Waals surface area contributed by atoms with Gasteiger partial charge in [0, 0.05) is 23.0 Å². The Kier molecular flexibility index (Phi) is 4.84. The molecule has 0 heterocycles. The summed E-state index contributed by atoms with van der Waals surface area (Å²) in [5.41, 5.74) is 6.95. The molecule has 0 radical (unpaired) electrons. The quantitative estimate of drug-likeness (QED) is 0.774. The zero-order chi connectivity index (χ0) is 12.2. The third kappa shape index (κ3) is 3.24. The Bertz CT molecular complexity index is 336. The molecule has 0 aliphatic heterocycles. The summed E-state index contributed by atoms with van der Waals surface area (Å²) in [6, 6.07) is 8.84. The Morgan fingerprint density at radius 3 is 2.56 bits per heavy atom. The average Bonchev–Trinajstić information content (AvgIpc) is 2.28. The molecule has 0 aliphatic rings. The molecule has 0 spiro atoms. The van der Waals surface area contributed by atoms with E-state index in [0.717, 1.165) is 0 Å². The second kappa shape index (κ2) is 5.71. The van der Waals surface area contributed by atoms with Gasteiger partial charge in [-0.1, -0.05) is 18.2 Å². The number of thioether (sulfide) groups is 1. The van der Waals surface area contributed by atoms with Gasteiger partial charge in [0.25, 0.3) is 0 Å². The van der Waals surface area contributed by atoms with Gasteiger partial charge in [0.15, 0.2) is 0 Å². The molecule has 0 saturated carbocycles. The summed E-state index contributed by atoms with van der Waals surface area (Å²) in [4.78, 5) is 1.32. The first-order valence-electron chi connectivity index (χ1n) is 5.62. The van der Waals surface area contributed by atoms with Crippen LogP contribution in [-0.4, -0.2) is 18.8 Å². The second-order valence-corrected chi connectivity index (χ2v) is 5.45. The fourth-order valence-corrected chi connectivity index (χ4v) is 2.67. The largest absolute Gasteiger partial charge is 0.329 e. The van der Waals surface area contributed by atoms with E-state index in [1.807, 2.05) is 0 Å². The molecule has 3 N–H and O–H groups in total. The van der Waals surface area contributed by atoms with Gasteiger partial charge in [-0.2, -0.15) is 0 Å².